The minimum Gasteiger partial charge on any atom is -0.331 e. The number of carbonyl (C=O) groups excluding carboxylic acids is 1. The van der Waals surface area contributed by atoms with Gasteiger partial charge in [-0.15, -0.1) is 0 Å². The van der Waals surface area contributed by atoms with Crippen molar-refractivity contribution >= 4 is 39.8 Å². The van der Waals surface area contributed by atoms with Crippen LogP contribution in [0, 0.1) is 6.92 Å². The van der Waals surface area contributed by atoms with Gasteiger partial charge >= 0.3 is 0 Å². The van der Waals surface area contributed by atoms with Gasteiger partial charge in [-0.25, -0.2) is 0 Å². The SMILES string of the molecule is Cc1ccc2cccc(NC(=S)NC(=O)c3cccnc3)c2n1. The zero-order valence-corrected chi connectivity index (χ0v) is 13.2. The van der Waals surface area contributed by atoms with Gasteiger partial charge in [-0.2, -0.15) is 0 Å². The number of para-hydroxylation sites is 1. The molecule has 0 bridgehead atoms. The maximum absolute atomic E-state index is 12.1. The van der Waals surface area contributed by atoms with E-state index in [4.69, 9.17) is 12.2 Å². The maximum Gasteiger partial charge on any atom is 0.258 e. The van der Waals surface area contributed by atoms with Gasteiger partial charge in [0, 0.05) is 23.5 Å². The molecule has 6 heteroatoms. The molecule has 2 aromatic heterocycles. The van der Waals surface area contributed by atoms with Gasteiger partial charge in [0.1, 0.15) is 0 Å². The van der Waals surface area contributed by atoms with Crippen LogP contribution in [0.1, 0.15) is 16.1 Å². The number of aromatic nitrogens is 2. The fraction of sp³-hybridized carbons (Fsp3) is 0.0588. The van der Waals surface area contributed by atoms with E-state index in [1.807, 2.05) is 37.3 Å². The van der Waals surface area contributed by atoms with Gasteiger partial charge in [0.2, 0.25) is 0 Å². The van der Waals surface area contributed by atoms with E-state index < -0.39 is 0 Å². The van der Waals surface area contributed by atoms with Crippen LogP contribution in [0.4, 0.5) is 5.69 Å². The molecule has 0 fully saturated rings. The van der Waals surface area contributed by atoms with Crippen LogP contribution in [0.25, 0.3) is 10.9 Å². The third-order valence-corrected chi connectivity index (χ3v) is 3.46. The van der Waals surface area contributed by atoms with E-state index in [1.54, 1.807) is 18.3 Å². The van der Waals surface area contributed by atoms with Gasteiger partial charge in [-0.3, -0.25) is 20.1 Å². The number of benzene rings is 1. The van der Waals surface area contributed by atoms with Crippen molar-refractivity contribution in [3.05, 3.63) is 66.1 Å². The van der Waals surface area contributed by atoms with Crippen LogP contribution in [0.3, 0.4) is 0 Å². The lowest BCUT2D eigenvalue weighted by Crippen LogP contribution is -2.34. The van der Waals surface area contributed by atoms with Crippen molar-refractivity contribution in [3.8, 4) is 0 Å². The maximum atomic E-state index is 12.1. The molecule has 0 saturated heterocycles. The van der Waals surface area contributed by atoms with Crippen LogP contribution in [0.15, 0.2) is 54.9 Å². The predicted octanol–water partition coefficient (Wildman–Crippen LogP) is 3.07. The topological polar surface area (TPSA) is 66.9 Å². The number of nitrogens with one attached hydrogen (secondary N) is 2. The Kier molecular flexibility index (Phi) is 4.25. The van der Waals surface area contributed by atoms with E-state index in [2.05, 4.69) is 20.6 Å². The third-order valence-electron chi connectivity index (χ3n) is 3.26. The lowest BCUT2D eigenvalue weighted by molar-refractivity contribution is 0.0977. The van der Waals surface area contributed by atoms with Crippen molar-refractivity contribution in [3.63, 3.8) is 0 Å². The van der Waals surface area contributed by atoms with E-state index in [0.29, 0.717) is 5.56 Å². The molecule has 0 aliphatic carbocycles. The fourth-order valence-electron chi connectivity index (χ4n) is 2.17. The summed E-state index contributed by atoms with van der Waals surface area (Å²) in [7, 11) is 0. The molecule has 1 aromatic carbocycles. The first kappa shape index (κ1) is 15.1. The first-order valence-corrected chi connectivity index (χ1v) is 7.43. The normalized spacial score (nSPS) is 10.3. The Balaban J connectivity index is 1.78. The Morgan fingerprint density at radius 2 is 2.00 bits per heavy atom. The molecule has 3 aromatic rings. The van der Waals surface area contributed by atoms with Crippen LogP contribution < -0.4 is 10.6 Å². The van der Waals surface area contributed by atoms with Crippen LogP contribution in [-0.2, 0) is 0 Å². The number of aryl methyl sites for hydroxylation is 1. The largest absolute Gasteiger partial charge is 0.331 e. The second-order valence-corrected chi connectivity index (χ2v) is 5.39. The minimum atomic E-state index is -0.306. The number of carbonyl (C=O) groups is 1. The summed E-state index contributed by atoms with van der Waals surface area (Å²) in [5, 5.41) is 6.89. The molecular weight excluding hydrogens is 308 g/mol. The van der Waals surface area contributed by atoms with Gasteiger partial charge in [0.05, 0.1) is 16.8 Å². The number of amides is 1. The van der Waals surface area contributed by atoms with E-state index in [0.717, 1.165) is 22.3 Å². The highest BCUT2D eigenvalue weighted by Crippen LogP contribution is 2.21. The highest BCUT2D eigenvalue weighted by atomic mass is 32.1. The van der Waals surface area contributed by atoms with Crippen molar-refractivity contribution in [2.75, 3.05) is 5.32 Å². The molecule has 0 spiro atoms. The summed E-state index contributed by atoms with van der Waals surface area (Å²) < 4.78 is 0. The second kappa shape index (κ2) is 6.50. The number of fused-ring (bicyclic) bond motifs is 1. The monoisotopic (exact) mass is 322 g/mol. The molecule has 0 radical (unpaired) electrons. The molecule has 5 nitrogen and oxygen atoms in total. The number of hydrogen-bond acceptors (Lipinski definition) is 4. The van der Waals surface area contributed by atoms with Crippen LogP contribution in [-0.4, -0.2) is 21.0 Å². The molecular formula is C17H14N4OS. The summed E-state index contributed by atoms with van der Waals surface area (Å²) >= 11 is 5.22. The molecule has 0 aliphatic heterocycles. The van der Waals surface area contributed by atoms with Crippen LogP contribution in [0.2, 0.25) is 0 Å². The number of anilines is 1. The van der Waals surface area contributed by atoms with E-state index >= 15 is 0 Å². The fourth-order valence-corrected chi connectivity index (χ4v) is 2.37. The summed E-state index contributed by atoms with van der Waals surface area (Å²) in [6.45, 7) is 1.93. The molecule has 2 N–H and O–H groups in total. The lowest BCUT2D eigenvalue weighted by Gasteiger charge is -2.11. The average Bonchev–Trinajstić information content (AvgIpc) is 2.56. The third kappa shape index (κ3) is 3.49. The standard InChI is InChI=1S/C17H14N4OS/c1-11-7-8-12-4-2-6-14(15(12)19-11)20-17(23)21-16(22)13-5-3-9-18-10-13/h2-10H,1H3,(H2,20,21,22,23). The van der Waals surface area contributed by atoms with Crippen molar-refractivity contribution in [2.24, 2.45) is 0 Å². The quantitative estimate of drug-likeness (QED) is 0.710. The van der Waals surface area contributed by atoms with Crippen LogP contribution >= 0.6 is 12.2 Å². The number of nitrogens with zero attached hydrogens (tertiary/aromatic N) is 2. The predicted molar refractivity (Wildman–Crippen MR) is 94.4 cm³/mol. The second-order valence-electron chi connectivity index (χ2n) is 4.98. The molecule has 23 heavy (non-hydrogen) atoms. The zero-order valence-electron chi connectivity index (χ0n) is 12.4. The van der Waals surface area contributed by atoms with E-state index in [9.17, 15) is 4.79 Å². The van der Waals surface area contributed by atoms with E-state index in [-0.39, 0.29) is 11.0 Å². The van der Waals surface area contributed by atoms with E-state index in [1.165, 1.54) is 6.20 Å². The molecule has 0 unspecified atom stereocenters. The van der Waals surface area contributed by atoms with Crippen LogP contribution in [0.5, 0.6) is 0 Å². The van der Waals surface area contributed by atoms with Gasteiger partial charge in [-0.1, -0.05) is 18.2 Å². The van der Waals surface area contributed by atoms with Gasteiger partial charge in [-0.05, 0) is 43.4 Å². The summed E-state index contributed by atoms with van der Waals surface area (Å²) in [4.78, 5) is 20.5. The summed E-state index contributed by atoms with van der Waals surface area (Å²) in [5.74, 6) is -0.306. The molecule has 1 amide bonds. The van der Waals surface area contributed by atoms with Crippen molar-refractivity contribution in [2.45, 2.75) is 6.92 Å². The minimum absolute atomic E-state index is 0.217. The number of hydrogen-bond donors (Lipinski definition) is 2. The Labute approximate surface area is 138 Å². The molecule has 2 heterocycles. The van der Waals surface area contributed by atoms with Gasteiger partial charge < -0.3 is 5.32 Å². The smallest absolute Gasteiger partial charge is 0.258 e. The van der Waals surface area contributed by atoms with Gasteiger partial charge in [0.25, 0.3) is 5.91 Å². The molecule has 3 rings (SSSR count). The van der Waals surface area contributed by atoms with Crippen molar-refractivity contribution in [1.82, 2.24) is 15.3 Å². The molecule has 0 atom stereocenters. The summed E-state index contributed by atoms with van der Waals surface area (Å²) in [6.07, 6.45) is 3.10. The Hall–Kier alpha value is -2.86. The lowest BCUT2D eigenvalue weighted by atomic mass is 10.2. The highest BCUT2D eigenvalue weighted by molar-refractivity contribution is 7.80. The first-order chi connectivity index (χ1) is 11.1. The number of rotatable bonds is 2. The summed E-state index contributed by atoms with van der Waals surface area (Å²) in [5.41, 5.74) is 2.92. The van der Waals surface area contributed by atoms with Gasteiger partial charge in [0.15, 0.2) is 5.11 Å². The Morgan fingerprint density at radius 3 is 2.78 bits per heavy atom. The molecule has 0 aliphatic rings. The number of thiocarbonyl (C=S) groups is 1. The summed E-state index contributed by atoms with van der Waals surface area (Å²) in [6, 6.07) is 13.1. The zero-order chi connectivity index (χ0) is 16.2. The molecule has 114 valence electrons. The van der Waals surface area contributed by atoms with Crippen molar-refractivity contribution in [1.29, 1.82) is 0 Å². The Bertz CT molecular complexity index is 880. The first-order valence-electron chi connectivity index (χ1n) is 7.02. The Morgan fingerprint density at radius 1 is 1.13 bits per heavy atom. The van der Waals surface area contributed by atoms with Crippen molar-refractivity contribution < 1.29 is 4.79 Å². The highest BCUT2D eigenvalue weighted by Gasteiger charge is 2.09. The molecule has 0 saturated carbocycles. The number of pyridine rings is 2. The average molecular weight is 322 g/mol.